The van der Waals surface area contributed by atoms with Gasteiger partial charge >= 0.3 is 0 Å². The maximum atomic E-state index is 11.6. The standard InChI is InChI=1S/C13H17N3O/c17-13-8-12(10-4-2-1-3-5-10)16(15-13)11-6-7-14-9-11/h1-5,11-12,14H,6-9H2,(H,15,17). The first-order valence-electron chi connectivity index (χ1n) is 6.18. The maximum absolute atomic E-state index is 11.6. The summed E-state index contributed by atoms with van der Waals surface area (Å²) in [7, 11) is 0. The van der Waals surface area contributed by atoms with Crippen molar-refractivity contribution in [1.29, 1.82) is 0 Å². The number of hydrazine groups is 1. The predicted octanol–water partition coefficient (Wildman–Crippen LogP) is 0.827. The Kier molecular flexibility index (Phi) is 2.82. The molecule has 1 aromatic rings. The van der Waals surface area contributed by atoms with Gasteiger partial charge in [-0.3, -0.25) is 10.2 Å². The minimum absolute atomic E-state index is 0.130. The van der Waals surface area contributed by atoms with Gasteiger partial charge in [0.05, 0.1) is 6.04 Å². The number of hydrogen-bond donors (Lipinski definition) is 2. The molecular weight excluding hydrogens is 214 g/mol. The molecule has 17 heavy (non-hydrogen) atoms. The predicted molar refractivity (Wildman–Crippen MR) is 65.1 cm³/mol. The summed E-state index contributed by atoms with van der Waals surface area (Å²) in [6.45, 7) is 2.00. The van der Waals surface area contributed by atoms with Gasteiger partial charge in [0.15, 0.2) is 0 Å². The summed E-state index contributed by atoms with van der Waals surface area (Å²) < 4.78 is 0. The van der Waals surface area contributed by atoms with Gasteiger partial charge in [0, 0.05) is 19.0 Å². The second kappa shape index (κ2) is 4.47. The first kappa shape index (κ1) is 10.7. The highest BCUT2D eigenvalue weighted by Gasteiger charge is 2.37. The fourth-order valence-electron chi connectivity index (χ4n) is 2.72. The van der Waals surface area contributed by atoms with Gasteiger partial charge in [-0.2, -0.15) is 0 Å². The Labute approximate surface area is 101 Å². The van der Waals surface area contributed by atoms with E-state index in [1.54, 1.807) is 0 Å². The van der Waals surface area contributed by atoms with E-state index in [-0.39, 0.29) is 11.9 Å². The normalized spacial score (nSPS) is 29.5. The number of rotatable bonds is 2. The van der Waals surface area contributed by atoms with E-state index in [0.717, 1.165) is 19.5 Å². The summed E-state index contributed by atoms with van der Waals surface area (Å²) in [5, 5.41) is 5.48. The molecule has 4 heteroatoms. The summed E-state index contributed by atoms with van der Waals surface area (Å²) in [4.78, 5) is 11.6. The number of carbonyl (C=O) groups is 1. The van der Waals surface area contributed by atoms with E-state index in [2.05, 4.69) is 27.9 Å². The molecule has 2 saturated heterocycles. The van der Waals surface area contributed by atoms with Crippen LogP contribution in [0.25, 0.3) is 0 Å². The Morgan fingerprint density at radius 2 is 2.06 bits per heavy atom. The third kappa shape index (κ3) is 2.06. The summed E-state index contributed by atoms with van der Waals surface area (Å²) in [5.41, 5.74) is 4.22. The van der Waals surface area contributed by atoms with E-state index in [9.17, 15) is 4.79 Å². The van der Waals surface area contributed by atoms with Crippen molar-refractivity contribution in [3.05, 3.63) is 35.9 Å². The SMILES string of the molecule is O=C1CC(c2ccccc2)N(C2CCNC2)N1. The zero-order valence-corrected chi connectivity index (χ0v) is 9.73. The fraction of sp³-hybridized carbons (Fsp3) is 0.462. The Morgan fingerprint density at radius 1 is 1.24 bits per heavy atom. The number of hydrogen-bond acceptors (Lipinski definition) is 3. The lowest BCUT2D eigenvalue weighted by Crippen LogP contribution is -2.44. The smallest absolute Gasteiger partial charge is 0.236 e. The van der Waals surface area contributed by atoms with Gasteiger partial charge in [-0.15, -0.1) is 0 Å². The summed E-state index contributed by atoms with van der Waals surface area (Å²) in [5.74, 6) is 0.130. The van der Waals surface area contributed by atoms with Gasteiger partial charge < -0.3 is 5.32 Å². The number of amides is 1. The molecule has 0 radical (unpaired) electrons. The molecule has 4 nitrogen and oxygen atoms in total. The van der Waals surface area contributed by atoms with Crippen LogP contribution in [0.1, 0.15) is 24.4 Å². The first-order chi connectivity index (χ1) is 8.34. The number of nitrogens with zero attached hydrogens (tertiary/aromatic N) is 1. The monoisotopic (exact) mass is 231 g/mol. The average Bonchev–Trinajstić information content (AvgIpc) is 2.98. The van der Waals surface area contributed by atoms with E-state index >= 15 is 0 Å². The average molecular weight is 231 g/mol. The molecule has 2 aliphatic heterocycles. The molecule has 0 saturated carbocycles. The molecule has 0 spiro atoms. The molecule has 90 valence electrons. The molecule has 2 fully saturated rings. The van der Waals surface area contributed by atoms with E-state index in [0.29, 0.717) is 12.5 Å². The lowest BCUT2D eigenvalue weighted by molar-refractivity contribution is -0.121. The van der Waals surface area contributed by atoms with Crippen LogP contribution in [0.3, 0.4) is 0 Å². The minimum atomic E-state index is 0.130. The molecule has 2 atom stereocenters. The summed E-state index contributed by atoms with van der Waals surface area (Å²) in [6.07, 6.45) is 1.67. The van der Waals surface area contributed by atoms with Crippen LogP contribution in [0.5, 0.6) is 0 Å². The van der Waals surface area contributed by atoms with Crippen molar-refractivity contribution in [3.63, 3.8) is 0 Å². The topological polar surface area (TPSA) is 44.4 Å². The zero-order chi connectivity index (χ0) is 11.7. The van der Waals surface area contributed by atoms with Crippen LogP contribution in [0.2, 0.25) is 0 Å². The van der Waals surface area contributed by atoms with Crippen LogP contribution in [-0.2, 0) is 4.79 Å². The highest BCUT2D eigenvalue weighted by molar-refractivity contribution is 5.78. The Bertz CT molecular complexity index is 400. The zero-order valence-electron chi connectivity index (χ0n) is 9.73. The van der Waals surface area contributed by atoms with Crippen molar-refractivity contribution in [2.24, 2.45) is 0 Å². The summed E-state index contributed by atoms with van der Waals surface area (Å²) >= 11 is 0. The van der Waals surface area contributed by atoms with Gasteiger partial charge in [0.1, 0.15) is 0 Å². The van der Waals surface area contributed by atoms with Crippen LogP contribution < -0.4 is 10.7 Å². The van der Waals surface area contributed by atoms with Crippen molar-refractivity contribution in [3.8, 4) is 0 Å². The van der Waals surface area contributed by atoms with E-state index in [1.807, 2.05) is 18.2 Å². The maximum Gasteiger partial charge on any atom is 0.236 e. The number of carbonyl (C=O) groups excluding carboxylic acids is 1. The third-order valence-corrected chi connectivity index (χ3v) is 3.58. The lowest BCUT2D eigenvalue weighted by atomic mass is 10.0. The van der Waals surface area contributed by atoms with Crippen molar-refractivity contribution < 1.29 is 4.79 Å². The first-order valence-corrected chi connectivity index (χ1v) is 6.18. The molecular formula is C13H17N3O. The number of benzene rings is 1. The van der Waals surface area contributed by atoms with Gasteiger partial charge in [0.25, 0.3) is 0 Å². The summed E-state index contributed by atoms with van der Waals surface area (Å²) in [6, 6.07) is 10.9. The highest BCUT2D eigenvalue weighted by Crippen LogP contribution is 2.30. The second-order valence-corrected chi connectivity index (χ2v) is 4.72. The molecule has 3 rings (SSSR count). The van der Waals surface area contributed by atoms with E-state index in [4.69, 9.17) is 0 Å². The van der Waals surface area contributed by atoms with Crippen molar-refractivity contribution in [2.75, 3.05) is 13.1 Å². The lowest BCUT2D eigenvalue weighted by Gasteiger charge is -2.28. The van der Waals surface area contributed by atoms with Crippen molar-refractivity contribution in [1.82, 2.24) is 15.8 Å². The number of nitrogens with one attached hydrogen (secondary N) is 2. The quantitative estimate of drug-likeness (QED) is 0.792. The Hall–Kier alpha value is -1.39. The van der Waals surface area contributed by atoms with Gasteiger partial charge in [-0.1, -0.05) is 30.3 Å². The molecule has 2 N–H and O–H groups in total. The van der Waals surface area contributed by atoms with Crippen LogP contribution in [0.15, 0.2) is 30.3 Å². The minimum Gasteiger partial charge on any atom is -0.315 e. The van der Waals surface area contributed by atoms with Crippen molar-refractivity contribution >= 4 is 5.91 Å². The van der Waals surface area contributed by atoms with Gasteiger partial charge in [-0.25, -0.2) is 5.01 Å². The molecule has 2 aliphatic rings. The van der Waals surface area contributed by atoms with Gasteiger partial charge in [0.2, 0.25) is 5.91 Å². The molecule has 0 aliphatic carbocycles. The molecule has 2 heterocycles. The van der Waals surface area contributed by atoms with Crippen LogP contribution in [-0.4, -0.2) is 30.0 Å². The molecule has 2 unspecified atom stereocenters. The highest BCUT2D eigenvalue weighted by atomic mass is 16.2. The molecule has 1 amide bonds. The fourth-order valence-corrected chi connectivity index (χ4v) is 2.72. The van der Waals surface area contributed by atoms with E-state index < -0.39 is 0 Å². The molecule has 0 bridgehead atoms. The largest absolute Gasteiger partial charge is 0.315 e. The van der Waals surface area contributed by atoms with Crippen LogP contribution in [0.4, 0.5) is 0 Å². The molecule has 0 aromatic heterocycles. The van der Waals surface area contributed by atoms with Gasteiger partial charge in [-0.05, 0) is 18.5 Å². The third-order valence-electron chi connectivity index (χ3n) is 3.58. The van der Waals surface area contributed by atoms with Crippen LogP contribution in [0, 0.1) is 0 Å². The van der Waals surface area contributed by atoms with Crippen LogP contribution >= 0.6 is 0 Å². The van der Waals surface area contributed by atoms with Crippen molar-refractivity contribution in [2.45, 2.75) is 24.9 Å². The Balaban J connectivity index is 1.84. The Morgan fingerprint density at radius 3 is 2.76 bits per heavy atom. The van der Waals surface area contributed by atoms with E-state index in [1.165, 1.54) is 5.56 Å². The second-order valence-electron chi connectivity index (χ2n) is 4.72. The molecule has 1 aromatic carbocycles.